The summed E-state index contributed by atoms with van der Waals surface area (Å²) in [6.07, 6.45) is 6.66. The van der Waals surface area contributed by atoms with Gasteiger partial charge in [0.05, 0.1) is 10.5 Å². The first-order valence-corrected chi connectivity index (χ1v) is 11.4. The van der Waals surface area contributed by atoms with Gasteiger partial charge in [-0.2, -0.15) is 0 Å². The highest BCUT2D eigenvalue weighted by Gasteiger charge is 2.39. The van der Waals surface area contributed by atoms with E-state index in [2.05, 4.69) is 12.2 Å². The number of nitrogens with zero attached hydrogens (tertiary/aromatic N) is 1. The van der Waals surface area contributed by atoms with Gasteiger partial charge in [-0.3, -0.25) is 19.3 Å². The Hall–Kier alpha value is -2.08. The second-order valence-electron chi connectivity index (χ2n) is 7.66. The molecule has 0 atom stereocenters. The first kappa shape index (κ1) is 23.2. The number of nitrogens with one attached hydrogen (secondary N) is 1. The van der Waals surface area contributed by atoms with Gasteiger partial charge >= 0.3 is 0 Å². The predicted octanol–water partition coefficient (Wildman–Crippen LogP) is 5.23. The average molecular weight is 417 g/mol. The van der Waals surface area contributed by atoms with E-state index in [9.17, 15) is 14.4 Å². The van der Waals surface area contributed by atoms with E-state index in [-0.39, 0.29) is 23.0 Å². The highest BCUT2D eigenvalue weighted by molar-refractivity contribution is 8.04. The molecule has 1 aliphatic heterocycles. The van der Waals surface area contributed by atoms with Crippen LogP contribution in [0.15, 0.2) is 29.2 Å². The molecular weight excluding hydrogens is 384 g/mol. The van der Waals surface area contributed by atoms with Crippen molar-refractivity contribution in [1.82, 2.24) is 4.90 Å². The minimum atomic E-state index is -0.209. The van der Waals surface area contributed by atoms with Crippen LogP contribution in [0.25, 0.3) is 5.57 Å². The average Bonchev–Trinajstić information content (AvgIpc) is 2.88. The first-order valence-electron chi connectivity index (χ1n) is 10.5. The Labute approximate surface area is 178 Å². The minimum Gasteiger partial charge on any atom is -0.326 e. The van der Waals surface area contributed by atoms with Gasteiger partial charge in [0.15, 0.2) is 0 Å². The van der Waals surface area contributed by atoms with Crippen molar-refractivity contribution in [2.75, 3.05) is 11.9 Å². The number of hydrogen-bond acceptors (Lipinski definition) is 4. The van der Waals surface area contributed by atoms with Crippen molar-refractivity contribution < 1.29 is 14.4 Å². The molecule has 0 aliphatic carbocycles. The van der Waals surface area contributed by atoms with Gasteiger partial charge in [0.2, 0.25) is 5.91 Å². The van der Waals surface area contributed by atoms with Gasteiger partial charge < -0.3 is 5.32 Å². The number of rotatable bonds is 11. The lowest BCUT2D eigenvalue weighted by Gasteiger charge is -2.15. The lowest BCUT2D eigenvalue weighted by atomic mass is 10.1. The normalized spacial score (nSPS) is 14.3. The molecule has 158 valence electrons. The Bertz CT molecular complexity index is 769. The Morgan fingerprint density at radius 1 is 1.00 bits per heavy atom. The Morgan fingerprint density at radius 3 is 2.21 bits per heavy atom. The summed E-state index contributed by atoms with van der Waals surface area (Å²) in [6.45, 7) is 8.14. The zero-order valence-electron chi connectivity index (χ0n) is 17.9. The third-order valence-corrected chi connectivity index (χ3v) is 5.79. The monoisotopic (exact) mass is 416 g/mol. The predicted molar refractivity (Wildman–Crippen MR) is 120 cm³/mol. The molecule has 0 saturated carbocycles. The van der Waals surface area contributed by atoms with Crippen LogP contribution in [-0.4, -0.2) is 34.4 Å². The van der Waals surface area contributed by atoms with Gasteiger partial charge in [-0.15, -0.1) is 11.8 Å². The summed E-state index contributed by atoms with van der Waals surface area (Å²) in [6, 6.07) is 7.10. The fraction of sp³-hybridized carbons (Fsp3) is 0.522. The first-order chi connectivity index (χ1) is 13.8. The molecule has 0 unspecified atom stereocenters. The summed E-state index contributed by atoms with van der Waals surface area (Å²) in [5.74, 6) is -0.535. The molecule has 1 N–H and O–H groups in total. The molecule has 29 heavy (non-hydrogen) atoms. The topological polar surface area (TPSA) is 66.5 Å². The molecule has 0 bridgehead atoms. The quantitative estimate of drug-likeness (QED) is 0.396. The number of carbonyl (C=O) groups excluding carboxylic acids is 3. The molecule has 1 heterocycles. The van der Waals surface area contributed by atoms with E-state index >= 15 is 0 Å². The van der Waals surface area contributed by atoms with Gasteiger partial charge in [-0.1, -0.05) is 65.0 Å². The molecule has 0 radical (unpaired) electrons. The van der Waals surface area contributed by atoms with Crippen LogP contribution in [0.5, 0.6) is 0 Å². The van der Waals surface area contributed by atoms with Crippen molar-refractivity contribution in [2.45, 2.75) is 71.5 Å². The second kappa shape index (κ2) is 11.2. The van der Waals surface area contributed by atoms with Crippen LogP contribution in [0.2, 0.25) is 0 Å². The molecule has 1 aromatic rings. The maximum Gasteiger partial charge on any atom is 0.267 e. The molecule has 1 aliphatic rings. The standard InChI is InChI=1S/C23H32N2O3S/c1-5-6-7-8-9-10-15-25-22(27)20(21(23(25)28)29-16(2)3)18-11-13-19(14-12-18)24-17(4)26/h11-14,16H,5-10,15H2,1-4H3,(H,24,26). The third kappa shape index (κ3) is 6.46. The molecule has 0 fully saturated rings. The number of unbranched alkanes of at least 4 members (excludes halogenated alkanes) is 5. The van der Waals surface area contributed by atoms with Crippen molar-refractivity contribution in [3.05, 3.63) is 34.7 Å². The number of anilines is 1. The maximum absolute atomic E-state index is 13.1. The molecule has 0 aromatic heterocycles. The van der Waals surface area contributed by atoms with Crippen LogP contribution in [0.4, 0.5) is 5.69 Å². The molecule has 6 heteroatoms. The molecule has 0 spiro atoms. The Balaban J connectivity index is 2.16. The van der Waals surface area contributed by atoms with E-state index in [0.717, 1.165) is 19.3 Å². The van der Waals surface area contributed by atoms with Crippen LogP contribution in [0, 0.1) is 0 Å². The summed E-state index contributed by atoms with van der Waals surface area (Å²) < 4.78 is 0. The van der Waals surface area contributed by atoms with Crippen LogP contribution < -0.4 is 5.32 Å². The largest absolute Gasteiger partial charge is 0.326 e. The number of carbonyl (C=O) groups is 3. The van der Waals surface area contributed by atoms with Gasteiger partial charge in [0.1, 0.15) is 0 Å². The van der Waals surface area contributed by atoms with Crippen LogP contribution >= 0.6 is 11.8 Å². The summed E-state index contributed by atoms with van der Waals surface area (Å²) in [5.41, 5.74) is 1.86. The molecule has 0 saturated heterocycles. The number of imide groups is 1. The minimum absolute atomic E-state index is 0.148. The summed E-state index contributed by atoms with van der Waals surface area (Å²) in [4.78, 5) is 39.2. The lowest BCUT2D eigenvalue weighted by molar-refractivity contribution is -0.136. The van der Waals surface area contributed by atoms with Gasteiger partial charge in [0, 0.05) is 24.4 Å². The van der Waals surface area contributed by atoms with E-state index in [0.29, 0.717) is 28.3 Å². The lowest BCUT2D eigenvalue weighted by Crippen LogP contribution is -2.32. The summed E-state index contributed by atoms with van der Waals surface area (Å²) in [7, 11) is 0. The van der Waals surface area contributed by atoms with Crippen LogP contribution in [-0.2, 0) is 14.4 Å². The molecule has 5 nitrogen and oxygen atoms in total. The smallest absolute Gasteiger partial charge is 0.267 e. The molecule has 1 aromatic carbocycles. The van der Waals surface area contributed by atoms with E-state index in [1.807, 2.05) is 13.8 Å². The van der Waals surface area contributed by atoms with E-state index in [4.69, 9.17) is 0 Å². The number of amides is 3. The molecule has 3 amide bonds. The van der Waals surface area contributed by atoms with Crippen LogP contribution in [0.1, 0.15) is 71.8 Å². The highest BCUT2D eigenvalue weighted by Crippen LogP contribution is 2.38. The maximum atomic E-state index is 13.1. The SMILES string of the molecule is CCCCCCCCN1C(=O)C(SC(C)C)=C(c2ccc(NC(C)=O)cc2)C1=O. The number of hydrogen-bond donors (Lipinski definition) is 1. The number of benzene rings is 1. The summed E-state index contributed by atoms with van der Waals surface area (Å²) in [5, 5.41) is 2.92. The van der Waals surface area contributed by atoms with Gasteiger partial charge in [-0.05, 0) is 24.1 Å². The van der Waals surface area contributed by atoms with Crippen LogP contribution in [0.3, 0.4) is 0 Å². The van der Waals surface area contributed by atoms with Crippen molar-refractivity contribution in [3.63, 3.8) is 0 Å². The van der Waals surface area contributed by atoms with Crippen molar-refractivity contribution in [2.24, 2.45) is 0 Å². The van der Waals surface area contributed by atoms with E-state index in [1.54, 1.807) is 24.3 Å². The van der Waals surface area contributed by atoms with Crippen molar-refractivity contribution in [1.29, 1.82) is 0 Å². The summed E-state index contributed by atoms with van der Waals surface area (Å²) >= 11 is 1.44. The second-order valence-corrected chi connectivity index (χ2v) is 9.25. The van der Waals surface area contributed by atoms with Crippen molar-refractivity contribution in [3.8, 4) is 0 Å². The van der Waals surface area contributed by atoms with Crippen molar-refractivity contribution >= 4 is 40.7 Å². The number of thioether (sulfide) groups is 1. The fourth-order valence-corrected chi connectivity index (χ4v) is 4.34. The van der Waals surface area contributed by atoms with Gasteiger partial charge in [0.25, 0.3) is 11.8 Å². The third-order valence-electron chi connectivity index (χ3n) is 4.71. The molecule has 2 rings (SSSR count). The Kier molecular flexibility index (Phi) is 8.96. The highest BCUT2D eigenvalue weighted by atomic mass is 32.2. The molecular formula is C23H32N2O3S. The zero-order valence-corrected chi connectivity index (χ0v) is 18.7. The zero-order chi connectivity index (χ0) is 21.4. The fourth-order valence-electron chi connectivity index (χ4n) is 3.33. The van der Waals surface area contributed by atoms with E-state index < -0.39 is 0 Å². The Morgan fingerprint density at radius 2 is 1.62 bits per heavy atom. The van der Waals surface area contributed by atoms with E-state index in [1.165, 1.54) is 42.8 Å². The van der Waals surface area contributed by atoms with Gasteiger partial charge in [-0.25, -0.2) is 0 Å².